The summed E-state index contributed by atoms with van der Waals surface area (Å²) in [6.07, 6.45) is 6.70. The number of phenols is 1. The highest BCUT2D eigenvalue weighted by Gasteiger charge is 1.94. The van der Waals surface area contributed by atoms with E-state index in [4.69, 9.17) is 9.84 Å². The summed E-state index contributed by atoms with van der Waals surface area (Å²) in [4.78, 5) is 11.5. The lowest BCUT2D eigenvalue weighted by Gasteiger charge is -1.97. The third-order valence-electron chi connectivity index (χ3n) is 2.74. The Morgan fingerprint density at radius 2 is 1.62 bits per heavy atom. The van der Waals surface area contributed by atoms with Gasteiger partial charge in [-0.2, -0.15) is 0 Å². The fourth-order valence-electron chi connectivity index (χ4n) is 1.68. The van der Waals surface area contributed by atoms with Crippen LogP contribution < -0.4 is 0 Å². The number of carbonyl (C=O) groups is 1. The Kier molecular flexibility index (Phi) is 5.35. The Hall–Kier alpha value is -2.81. The fraction of sp³-hybridized carbons (Fsp3) is 0.0556. The second-order valence-corrected chi connectivity index (χ2v) is 4.37. The predicted molar refractivity (Wildman–Crippen MR) is 83.6 cm³/mol. The van der Waals surface area contributed by atoms with Crippen molar-refractivity contribution >= 4 is 18.1 Å². The Labute approximate surface area is 123 Å². The number of hydrogen-bond acceptors (Lipinski definition) is 3. The molecule has 0 heterocycles. The van der Waals surface area contributed by atoms with Crippen molar-refractivity contribution in [1.82, 2.24) is 0 Å². The average molecular weight is 280 g/mol. The van der Waals surface area contributed by atoms with Gasteiger partial charge in [-0.3, -0.25) is 0 Å². The second kappa shape index (κ2) is 7.70. The first-order valence-corrected chi connectivity index (χ1v) is 6.59. The van der Waals surface area contributed by atoms with Crippen LogP contribution in [0, 0.1) is 0 Å². The lowest BCUT2D eigenvalue weighted by molar-refractivity contribution is -0.136. The average Bonchev–Trinajstić information content (AvgIpc) is 2.52. The molecular weight excluding hydrogens is 264 g/mol. The molecule has 0 aliphatic rings. The summed E-state index contributed by atoms with van der Waals surface area (Å²) in [5, 5.41) is 9.15. The maximum absolute atomic E-state index is 11.5. The molecule has 0 amide bonds. The molecule has 0 unspecified atom stereocenters. The molecule has 0 atom stereocenters. The van der Waals surface area contributed by atoms with E-state index in [1.165, 1.54) is 6.08 Å². The van der Waals surface area contributed by atoms with Gasteiger partial charge in [0, 0.05) is 6.08 Å². The van der Waals surface area contributed by atoms with Crippen molar-refractivity contribution < 1.29 is 14.6 Å². The van der Waals surface area contributed by atoms with Crippen LogP contribution in [0.1, 0.15) is 11.1 Å². The molecule has 0 bridgehead atoms. The van der Waals surface area contributed by atoms with Crippen molar-refractivity contribution in [1.29, 1.82) is 0 Å². The molecule has 0 saturated heterocycles. The molecule has 0 aromatic heterocycles. The van der Waals surface area contributed by atoms with Gasteiger partial charge in [-0.15, -0.1) is 0 Å². The van der Waals surface area contributed by atoms with E-state index < -0.39 is 0 Å². The van der Waals surface area contributed by atoms with E-state index in [-0.39, 0.29) is 18.3 Å². The zero-order valence-electron chi connectivity index (χ0n) is 11.5. The Morgan fingerprint density at radius 1 is 0.952 bits per heavy atom. The van der Waals surface area contributed by atoms with E-state index in [0.717, 1.165) is 11.1 Å². The van der Waals surface area contributed by atoms with E-state index in [9.17, 15) is 4.79 Å². The van der Waals surface area contributed by atoms with E-state index in [1.807, 2.05) is 36.4 Å². The van der Waals surface area contributed by atoms with Gasteiger partial charge in [-0.25, -0.2) is 4.79 Å². The summed E-state index contributed by atoms with van der Waals surface area (Å²) in [5.41, 5.74) is 1.89. The van der Waals surface area contributed by atoms with Gasteiger partial charge in [0.25, 0.3) is 0 Å². The van der Waals surface area contributed by atoms with Gasteiger partial charge >= 0.3 is 5.97 Å². The van der Waals surface area contributed by atoms with Crippen molar-refractivity contribution in [2.45, 2.75) is 0 Å². The van der Waals surface area contributed by atoms with E-state index in [0.29, 0.717) is 0 Å². The smallest absolute Gasteiger partial charge is 0.331 e. The number of benzene rings is 2. The summed E-state index contributed by atoms with van der Waals surface area (Å²) in [5.74, 6) is -0.154. The third kappa shape index (κ3) is 5.37. The van der Waals surface area contributed by atoms with Gasteiger partial charge in [0.2, 0.25) is 0 Å². The topological polar surface area (TPSA) is 46.5 Å². The van der Waals surface area contributed by atoms with Crippen LogP contribution in [0.15, 0.2) is 66.7 Å². The zero-order valence-corrected chi connectivity index (χ0v) is 11.5. The van der Waals surface area contributed by atoms with Crippen molar-refractivity contribution in [3.05, 3.63) is 77.9 Å². The molecule has 1 N–H and O–H groups in total. The largest absolute Gasteiger partial charge is 0.508 e. The minimum Gasteiger partial charge on any atom is -0.508 e. The molecule has 2 rings (SSSR count). The number of ether oxygens (including phenoxy) is 1. The van der Waals surface area contributed by atoms with Crippen LogP contribution in [0.4, 0.5) is 0 Å². The van der Waals surface area contributed by atoms with Crippen LogP contribution in [0.5, 0.6) is 5.75 Å². The van der Waals surface area contributed by atoms with Crippen molar-refractivity contribution in [2.24, 2.45) is 0 Å². The van der Waals surface area contributed by atoms with Crippen molar-refractivity contribution in [2.75, 3.05) is 6.61 Å². The molecule has 3 nitrogen and oxygen atoms in total. The number of esters is 1. The first-order valence-electron chi connectivity index (χ1n) is 6.59. The van der Waals surface area contributed by atoms with Crippen LogP contribution in [-0.2, 0) is 9.53 Å². The fourth-order valence-corrected chi connectivity index (χ4v) is 1.68. The minimum atomic E-state index is -0.380. The molecule has 0 radical (unpaired) electrons. The Balaban J connectivity index is 1.76. The SMILES string of the molecule is O=C(/C=C/c1ccccc1)OC/C=C/c1ccc(O)cc1. The molecule has 0 fully saturated rings. The van der Waals surface area contributed by atoms with Gasteiger partial charge in [-0.1, -0.05) is 48.5 Å². The molecule has 3 heteroatoms. The summed E-state index contributed by atoms with van der Waals surface area (Å²) < 4.78 is 5.05. The molecule has 21 heavy (non-hydrogen) atoms. The quantitative estimate of drug-likeness (QED) is 0.671. The maximum atomic E-state index is 11.5. The molecule has 106 valence electrons. The Bertz CT molecular complexity index is 625. The number of carbonyl (C=O) groups excluding carboxylic acids is 1. The molecule has 2 aromatic rings. The summed E-state index contributed by atoms with van der Waals surface area (Å²) in [7, 11) is 0. The van der Waals surface area contributed by atoms with E-state index >= 15 is 0 Å². The second-order valence-electron chi connectivity index (χ2n) is 4.37. The summed E-state index contributed by atoms with van der Waals surface area (Å²) in [6, 6.07) is 16.3. The lowest BCUT2D eigenvalue weighted by Crippen LogP contribution is -1.99. The number of aromatic hydroxyl groups is 1. The van der Waals surface area contributed by atoms with Gasteiger partial charge in [0.15, 0.2) is 0 Å². The monoisotopic (exact) mass is 280 g/mol. The molecule has 0 aliphatic carbocycles. The third-order valence-corrected chi connectivity index (χ3v) is 2.74. The molecule has 0 saturated carbocycles. The molecular formula is C18H16O3. The highest BCUT2D eigenvalue weighted by molar-refractivity contribution is 5.87. The molecule has 0 spiro atoms. The van der Waals surface area contributed by atoms with Crippen LogP contribution >= 0.6 is 0 Å². The highest BCUT2D eigenvalue weighted by atomic mass is 16.5. The number of phenolic OH excluding ortho intramolecular Hbond substituents is 1. The van der Waals surface area contributed by atoms with E-state index in [1.54, 1.807) is 36.4 Å². The molecule has 0 aliphatic heterocycles. The van der Waals surface area contributed by atoms with Gasteiger partial charge in [0.05, 0.1) is 0 Å². The standard InChI is InChI=1S/C18H16O3/c19-17-11-8-16(9-12-17)7-4-14-21-18(20)13-10-15-5-2-1-3-6-15/h1-13,19H,14H2/b7-4+,13-10+. The number of rotatable bonds is 5. The maximum Gasteiger partial charge on any atom is 0.331 e. The van der Waals surface area contributed by atoms with Crippen LogP contribution in [0.2, 0.25) is 0 Å². The first kappa shape index (κ1) is 14.6. The van der Waals surface area contributed by atoms with Crippen LogP contribution in [0.3, 0.4) is 0 Å². The van der Waals surface area contributed by atoms with Crippen LogP contribution in [0.25, 0.3) is 12.2 Å². The predicted octanol–water partition coefficient (Wildman–Crippen LogP) is 3.66. The summed E-state index contributed by atoms with van der Waals surface area (Å²) >= 11 is 0. The lowest BCUT2D eigenvalue weighted by atomic mass is 10.2. The zero-order chi connectivity index (χ0) is 14.9. The Morgan fingerprint density at radius 3 is 2.33 bits per heavy atom. The van der Waals surface area contributed by atoms with Gasteiger partial charge in [-0.05, 0) is 35.4 Å². The van der Waals surface area contributed by atoms with Crippen molar-refractivity contribution in [3.63, 3.8) is 0 Å². The number of hydrogen-bond donors (Lipinski definition) is 1. The first-order chi connectivity index (χ1) is 10.2. The highest BCUT2D eigenvalue weighted by Crippen LogP contribution is 2.10. The van der Waals surface area contributed by atoms with Gasteiger partial charge < -0.3 is 9.84 Å². The van der Waals surface area contributed by atoms with Gasteiger partial charge in [0.1, 0.15) is 12.4 Å². The normalized spacial score (nSPS) is 11.0. The molecule has 2 aromatic carbocycles. The van der Waals surface area contributed by atoms with Crippen LogP contribution in [-0.4, -0.2) is 17.7 Å². The minimum absolute atomic E-state index is 0.207. The van der Waals surface area contributed by atoms with Crippen molar-refractivity contribution in [3.8, 4) is 5.75 Å². The van der Waals surface area contributed by atoms with E-state index in [2.05, 4.69) is 0 Å². The summed E-state index contributed by atoms with van der Waals surface area (Å²) in [6.45, 7) is 0.207.